The van der Waals surface area contributed by atoms with E-state index in [9.17, 15) is 18.0 Å². The molecule has 0 saturated carbocycles. The van der Waals surface area contributed by atoms with Crippen LogP contribution in [0.5, 0.6) is 0 Å². The minimum Gasteiger partial charge on any atom is -0.372 e. The van der Waals surface area contributed by atoms with E-state index in [0.29, 0.717) is 18.7 Å². The number of benzene rings is 2. The summed E-state index contributed by atoms with van der Waals surface area (Å²) < 4.78 is 32.6. The maximum atomic E-state index is 12.7. The highest BCUT2D eigenvalue weighted by Crippen LogP contribution is 2.20. The highest BCUT2D eigenvalue weighted by molar-refractivity contribution is 7.89. The van der Waals surface area contributed by atoms with E-state index in [1.54, 1.807) is 41.3 Å². The molecule has 1 aliphatic rings. The van der Waals surface area contributed by atoms with Gasteiger partial charge in [0.05, 0.1) is 17.2 Å². The summed E-state index contributed by atoms with van der Waals surface area (Å²) in [7, 11) is -3.79. The maximum Gasteiger partial charge on any atom is 0.254 e. The van der Waals surface area contributed by atoms with Gasteiger partial charge >= 0.3 is 0 Å². The Morgan fingerprint density at radius 3 is 2.33 bits per heavy atom. The number of hydrogen-bond donors (Lipinski definition) is 2. The molecule has 1 heterocycles. The largest absolute Gasteiger partial charge is 0.372 e. The number of nitrogens with one attached hydrogen (secondary N) is 2. The van der Waals surface area contributed by atoms with Crippen LogP contribution in [0.3, 0.4) is 0 Å². The Labute approximate surface area is 199 Å². The number of rotatable bonds is 8. The molecule has 0 aliphatic carbocycles. The molecule has 178 valence electrons. The number of carbonyl (C=O) groups excluding carboxylic acids is 2. The number of hydrogen-bond acceptors (Lipinski definition) is 5. The lowest BCUT2D eigenvalue weighted by Gasteiger charge is -2.35. The van der Waals surface area contributed by atoms with Gasteiger partial charge < -0.3 is 15.0 Å². The second-order valence-electron chi connectivity index (χ2n) is 8.02. The van der Waals surface area contributed by atoms with E-state index in [4.69, 9.17) is 16.3 Å². The summed E-state index contributed by atoms with van der Waals surface area (Å²) in [5.41, 5.74) is 1.42. The predicted octanol–water partition coefficient (Wildman–Crippen LogP) is 2.57. The van der Waals surface area contributed by atoms with Gasteiger partial charge in [0.15, 0.2) is 0 Å². The summed E-state index contributed by atoms with van der Waals surface area (Å²) in [5.74, 6) is -0.341. The Hall–Kier alpha value is -2.46. The molecular weight excluding hydrogens is 466 g/mol. The van der Waals surface area contributed by atoms with Gasteiger partial charge in [-0.2, -0.15) is 0 Å². The summed E-state index contributed by atoms with van der Waals surface area (Å²) in [5, 5.41) is 2.87. The van der Waals surface area contributed by atoms with Crippen molar-refractivity contribution in [2.75, 3.05) is 19.6 Å². The fourth-order valence-corrected chi connectivity index (χ4v) is 5.17. The predicted molar refractivity (Wildman–Crippen MR) is 125 cm³/mol. The molecule has 1 aliphatic heterocycles. The average Bonchev–Trinajstić information content (AvgIpc) is 2.77. The van der Waals surface area contributed by atoms with E-state index in [0.717, 1.165) is 5.56 Å². The quantitative estimate of drug-likeness (QED) is 0.588. The van der Waals surface area contributed by atoms with Gasteiger partial charge in [-0.15, -0.1) is 0 Å². The zero-order valence-electron chi connectivity index (χ0n) is 18.6. The molecule has 0 aromatic heterocycles. The first-order valence-electron chi connectivity index (χ1n) is 10.7. The molecule has 2 amide bonds. The van der Waals surface area contributed by atoms with E-state index in [1.165, 1.54) is 12.1 Å². The number of halogens is 1. The van der Waals surface area contributed by atoms with E-state index in [2.05, 4.69) is 10.0 Å². The Kier molecular flexibility index (Phi) is 8.47. The minimum atomic E-state index is -3.79. The molecule has 2 unspecified atom stereocenters. The smallest absolute Gasteiger partial charge is 0.254 e. The lowest BCUT2D eigenvalue weighted by atomic mass is 10.1. The fourth-order valence-electron chi connectivity index (χ4n) is 3.62. The average molecular weight is 494 g/mol. The number of sulfonamides is 1. The second-order valence-corrected chi connectivity index (χ2v) is 10.2. The van der Waals surface area contributed by atoms with Gasteiger partial charge in [-0.3, -0.25) is 9.59 Å². The van der Waals surface area contributed by atoms with E-state index < -0.39 is 10.0 Å². The first-order valence-corrected chi connectivity index (χ1v) is 12.6. The highest BCUT2D eigenvalue weighted by Gasteiger charge is 2.26. The Morgan fingerprint density at radius 2 is 1.70 bits per heavy atom. The van der Waals surface area contributed by atoms with Crippen LogP contribution in [0.15, 0.2) is 53.4 Å². The van der Waals surface area contributed by atoms with Crippen molar-refractivity contribution in [3.8, 4) is 0 Å². The minimum absolute atomic E-state index is 0.00124. The van der Waals surface area contributed by atoms with Crippen molar-refractivity contribution >= 4 is 33.4 Å². The standard InChI is InChI=1S/C23H28ClN3O5S/c1-16-14-27(15-17(2)32-16)23(29)19-9-7-18(8-10-19)13-25-22(28)11-12-26-33(30,31)21-6-4-3-5-20(21)24/h3-10,16-17,26H,11-15H2,1-2H3,(H,25,28). The molecule has 1 fully saturated rings. The molecule has 2 aromatic rings. The Morgan fingerprint density at radius 1 is 1.06 bits per heavy atom. The molecular formula is C23H28ClN3O5S. The Balaban J connectivity index is 1.45. The molecule has 33 heavy (non-hydrogen) atoms. The van der Waals surface area contributed by atoms with Gasteiger partial charge in [0.25, 0.3) is 5.91 Å². The van der Waals surface area contributed by atoms with Crippen molar-refractivity contribution in [1.29, 1.82) is 0 Å². The lowest BCUT2D eigenvalue weighted by molar-refractivity contribution is -0.121. The molecule has 10 heteroatoms. The summed E-state index contributed by atoms with van der Waals surface area (Å²) in [4.78, 5) is 26.6. The van der Waals surface area contributed by atoms with Crippen LogP contribution in [0, 0.1) is 0 Å². The molecule has 3 rings (SSSR count). The van der Waals surface area contributed by atoms with Crippen molar-refractivity contribution in [2.24, 2.45) is 0 Å². The third-order valence-electron chi connectivity index (χ3n) is 5.17. The van der Waals surface area contributed by atoms with Crippen LogP contribution in [-0.2, 0) is 26.1 Å². The molecule has 2 N–H and O–H groups in total. The third kappa shape index (κ3) is 7.01. The van der Waals surface area contributed by atoms with Gasteiger partial charge in [-0.1, -0.05) is 35.9 Å². The molecule has 2 aromatic carbocycles. The molecule has 8 nitrogen and oxygen atoms in total. The van der Waals surface area contributed by atoms with Crippen LogP contribution in [0.4, 0.5) is 0 Å². The van der Waals surface area contributed by atoms with Crippen molar-refractivity contribution in [2.45, 2.75) is 43.9 Å². The van der Waals surface area contributed by atoms with E-state index in [-0.39, 0.29) is 53.5 Å². The number of morpholine rings is 1. The summed E-state index contributed by atoms with van der Waals surface area (Å²) in [6, 6.07) is 13.2. The SMILES string of the molecule is CC1CN(C(=O)c2ccc(CNC(=O)CCNS(=O)(=O)c3ccccc3Cl)cc2)CC(C)O1. The second kappa shape index (κ2) is 11.1. The molecule has 0 bridgehead atoms. The van der Waals surface area contributed by atoms with Crippen LogP contribution in [-0.4, -0.2) is 57.0 Å². The summed E-state index contributed by atoms with van der Waals surface area (Å²) in [6.07, 6.45) is -0.0177. The van der Waals surface area contributed by atoms with Crippen LogP contribution in [0.2, 0.25) is 5.02 Å². The van der Waals surface area contributed by atoms with Crippen molar-refractivity contribution in [3.05, 3.63) is 64.7 Å². The zero-order valence-corrected chi connectivity index (χ0v) is 20.2. The van der Waals surface area contributed by atoms with E-state index in [1.807, 2.05) is 13.8 Å². The van der Waals surface area contributed by atoms with Crippen LogP contribution >= 0.6 is 11.6 Å². The molecule has 2 atom stereocenters. The molecule has 0 spiro atoms. The first kappa shape index (κ1) is 25.2. The summed E-state index contributed by atoms with van der Waals surface area (Å²) in [6.45, 7) is 5.23. The van der Waals surface area contributed by atoms with Gasteiger partial charge in [0.1, 0.15) is 4.90 Å². The lowest BCUT2D eigenvalue weighted by Crippen LogP contribution is -2.48. The molecule has 0 radical (unpaired) electrons. The highest BCUT2D eigenvalue weighted by atomic mass is 35.5. The normalized spacial score (nSPS) is 18.7. The van der Waals surface area contributed by atoms with Gasteiger partial charge in [0, 0.05) is 38.2 Å². The van der Waals surface area contributed by atoms with E-state index >= 15 is 0 Å². The van der Waals surface area contributed by atoms with Crippen LogP contribution in [0.25, 0.3) is 0 Å². The Bertz CT molecular complexity index is 1080. The number of amides is 2. The monoisotopic (exact) mass is 493 g/mol. The van der Waals surface area contributed by atoms with Crippen LogP contribution in [0.1, 0.15) is 36.2 Å². The zero-order chi connectivity index (χ0) is 24.0. The number of ether oxygens (including phenoxy) is 1. The van der Waals surface area contributed by atoms with Crippen molar-refractivity contribution in [1.82, 2.24) is 14.9 Å². The number of carbonyl (C=O) groups is 2. The fraction of sp³-hybridized carbons (Fsp3) is 0.391. The van der Waals surface area contributed by atoms with Crippen molar-refractivity contribution < 1.29 is 22.7 Å². The van der Waals surface area contributed by atoms with Gasteiger partial charge in [-0.25, -0.2) is 13.1 Å². The summed E-state index contributed by atoms with van der Waals surface area (Å²) >= 11 is 5.93. The van der Waals surface area contributed by atoms with Gasteiger partial charge in [-0.05, 0) is 43.7 Å². The van der Waals surface area contributed by atoms with Crippen LogP contribution < -0.4 is 10.0 Å². The van der Waals surface area contributed by atoms with Crippen molar-refractivity contribution in [3.63, 3.8) is 0 Å². The topological polar surface area (TPSA) is 105 Å². The first-order chi connectivity index (χ1) is 15.7. The van der Waals surface area contributed by atoms with Gasteiger partial charge in [0.2, 0.25) is 15.9 Å². The molecule has 1 saturated heterocycles. The maximum absolute atomic E-state index is 12.7. The third-order valence-corrected chi connectivity index (χ3v) is 7.13. The number of nitrogens with zero attached hydrogens (tertiary/aromatic N) is 1.